The number of alkyl halides is 1. The summed E-state index contributed by atoms with van der Waals surface area (Å²) in [7, 11) is 0. The van der Waals surface area contributed by atoms with Crippen molar-refractivity contribution >= 4 is 28.2 Å². The molecule has 7 nitrogen and oxygen atoms in total. The van der Waals surface area contributed by atoms with Gasteiger partial charge in [0, 0.05) is 37.3 Å². The molecule has 0 amide bonds. The third kappa shape index (κ3) is 2.62. The van der Waals surface area contributed by atoms with Gasteiger partial charge < -0.3 is 26.0 Å². The summed E-state index contributed by atoms with van der Waals surface area (Å²) >= 11 is 0. The third-order valence-corrected chi connectivity index (χ3v) is 5.54. The smallest absolute Gasteiger partial charge is 0.341 e. The molecular weight excluding hydrogens is 377 g/mol. The molecule has 0 bridgehead atoms. The molecule has 1 aliphatic heterocycles. The van der Waals surface area contributed by atoms with E-state index < -0.39 is 64.0 Å². The van der Waals surface area contributed by atoms with Gasteiger partial charge in [-0.2, -0.15) is 0 Å². The standard InChI is InChI=1S/C18H19F3N4O3/c19-3-7-4-24(6-10(7)22)16-12(20)14(23)11-15(13(16)21)25(8-1-2-8)5-9(17(11)26)18(27)28/h5,7-8,10H,1-4,6,22-23H2,(H,27,28)/t7-,10+/m0/s1. The summed E-state index contributed by atoms with van der Waals surface area (Å²) in [5.74, 6) is -4.26. The number of aromatic nitrogens is 1. The van der Waals surface area contributed by atoms with Crippen LogP contribution in [0.15, 0.2) is 11.0 Å². The van der Waals surface area contributed by atoms with E-state index in [0.29, 0.717) is 12.8 Å². The Morgan fingerprint density at radius 3 is 2.46 bits per heavy atom. The molecule has 2 aliphatic rings. The fraction of sp³-hybridized carbons (Fsp3) is 0.444. The minimum atomic E-state index is -1.50. The van der Waals surface area contributed by atoms with Gasteiger partial charge in [-0.05, 0) is 12.8 Å². The van der Waals surface area contributed by atoms with Crippen LogP contribution in [0.5, 0.6) is 0 Å². The van der Waals surface area contributed by atoms with Crippen LogP contribution in [0.1, 0.15) is 29.2 Å². The van der Waals surface area contributed by atoms with Gasteiger partial charge in [-0.1, -0.05) is 0 Å². The van der Waals surface area contributed by atoms with Crippen LogP contribution in [0.3, 0.4) is 0 Å². The number of fused-ring (bicyclic) bond motifs is 1. The van der Waals surface area contributed by atoms with Crippen molar-refractivity contribution in [1.29, 1.82) is 0 Å². The summed E-state index contributed by atoms with van der Waals surface area (Å²) in [5.41, 5.74) is 8.74. The molecule has 5 N–H and O–H groups in total. The number of anilines is 2. The van der Waals surface area contributed by atoms with E-state index in [-0.39, 0.29) is 24.6 Å². The zero-order valence-electron chi connectivity index (χ0n) is 14.8. The van der Waals surface area contributed by atoms with Crippen molar-refractivity contribution in [1.82, 2.24) is 4.57 Å². The number of pyridine rings is 1. The number of nitrogens with two attached hydrogens (primary N) is 2. The maximum atomic E-state index is 15.5. The van der Waals surface area contributed by atoms with Gasteiger partial charge in [-0.15, -0.1) is 0 Å². The molecule has 1 aromatic carbocycles. The molecule has 2 fully saturated rings. The lowest BCUT2D eigenvalue weighted by Crippen LogP contribution is -2.31. The Labute approximate surface area is 157 Å². The summed E-state index contributed by atoms with van der Waals surface area (Å²) < 4.78 is 45.0. The molecular formula is C18H19F3N4O3. The average molecular weight is 396 g/mol. The first kappa shape index (κ1) is 18.6. The van der Waals surface area contributed by atoms with Gasteiger partial charge in [0.1, 0.15) is 11.3 Å². The van der Waals surface area contributed by atoms with Crippen LogP contribution >= 0.6 is 0 Å². The number of halogens is 3. The van der Waals surface area contributed by atoms with Crippen molar-refractivity contribution in [3.8, 4) is 0 Å². The van der Waals surface area contributed by atoms with E-state index in [4.69, 9.17) is 11.5 Å². The van der Waals surface area contributed by atoms with Crippen LogP contribution in [0.25, 0.3) is 10.9 Å². The molecule has 0 radical (unpaired) electrons. The van der Waals surface area contributed by atoms with Crippen LogP contribution in [0.2, 0.25) is 0 Å². The van der Waals surface area contributed by atoms with Crippen LogP contribution in [0, 0.1) is 17.6 Å². The zero-order chi connectivity index (χ0) is 20.3. The highest BCUT2D eigenvalue weighted by Crippen LogP contribution is 2.42. The van der Waals surface area contributed by atoms with Crippen molar-refractivity contribution in [2.45, 2.75) is 24.9 Å². The first-order valence-corrected chi connectivity index (χ1v) is 8.91. The predicted molar refractivity (Wildman–Crippen MR) is 97.4 cm³/mol. The second-order valence-corrected chi connectivity index (χ2v) is 7.41. The molecule has 150 valence electrons. The van der Waals surface area contributed by atoms with E-state index in [1.165, 1.54) is 9.47 Å². The number of carboxylic acids is 1. The summed E-state index contributed by atoms with van der Waals surface area (Å²) in [5, 5.41) is 8.80. The minimum Gasteiger partial charge on any atom is -0.477 e. The summed E-state index contributed by atoms with van der Waals surface area (Å²) in [6.07, 6.45) is 2.41. The Hall–Kier alpha value is -2.75. The lowest BCUT2D eigenvalue weighted by Gasteiger charge is -2.23. The zero-order valence-corrected chi connectivity index (χ0v) is 14.8. The molecule has 2 aromatic rings. The van der Waals surface area contributed by atoms with E-state index in [0.717, 1.165) is 6.20 Å². The summed E-state index contributed by atoms with van der Waals surface area (Å²) in [6.45, 7) is -0.676. The van der Waals surface area contributed by atoms with Crippen molar-refractivity contribution in [3.05, 3.63) is 33.6 Å². The van der Waals surface area contributed by atoms with Gasteiger partial charge in [-0.3, -0.25) is 9.18 Å². The number of nitrogen functional groups attached to an aromatic ring is 1. The normalized spacial score (nSPS) is 22.2. The Morgan fingerprint density at radius 2 is 1.93 bits per heavy atom. The summed E-state index contributed by atoms with van der Waals surface area (Å²) in [4.78, 5) is 25.3. The lowest BCUT2D eigenvalue weighted by atomic mass is 10.1. The highest BCUT2D eigenvalue weighted by atomic mass is 19.1. The fourth-order valence-corrected chi connectivity index (χ4v) is 3.87. The second kappa shape index (κ2) is 6.40. The average Bonchev–Trinajstić information content (AvgIpc) is 3.42. The molecule has 0 unspecified atom stereocenters. The van der Waals surface area contributed by atoms with Crippen molar-refractivity contribution < 1.29 is 23.1 Å². The highest BCUT2D eigenvalue weighted by Gasteiger charge is 2.37. The van der Waals surface area contributed by atoms with E-state index in [2.05, 4.69) is 0 Å². The molecule has 2 atom stereocenters. The molecule has 28 heavy (non-hydrogen) atoms. The molecule has 0 spiro atoms. The van der Waals surface area contributed by atoms with Crippen LogP contribution in [0.4, 0.5) is 24.5 Å². The van der Waals surface area contributed by atoms with Gasteiger partial charge in [0.05, 0.1) is 23.3 Å². The van der Waals surface area contributed by atoms with E-state index in [1.807, 2.05) is 0 Å². The molecule has 2 heterocycles. The van der Waals surface area contributed by atoms with Gasteiger partial charge in [0.2, 0.25) is 5.43 Å². The Morgan fingerprint density at radius 1 is 1.25 bits per heavy atom. The number of carboxylic acid groups (broad SMARTS) is 1. The fourth-order valence-electron chi connectivity index (χ4n) is 3.87. The van der Waals surface area contributed by atoms with E-state index in [1.54, 1.807) is 0 Å². The number of aromatic carboxylic acids is 1. The predicted octanol–water partition coefficient (Wildman–Crippen LogP) is 1.63. The molecule has 1 saturated heterocycles. The first-order chi connectivity index (χ1) is 13.3. The second-order valence-electron chi connectivity index (χ2n) is 7.41. The van der Waals surface area contributed by atoms with Crippen molar-refractivity contribution in [2.24, 2.45) is 11.7 Å². The van der Waals surface area contributed by atoms with Crippen LogP contribution in [-0.4, -0.2) is 41.4 Å². The molecule has 10 heteroatoms. The van der Waals surface area contributed by atoms with Gasteiger partial charge in [0.25, 0.3) is 0 Å². The van der Waals surface area contributed by atoms with E-state index in [9.17, 15) is 19.1 Å². The lowest BCUT2D eigenvalue weighted by molar-refractivity contribution is 0.0695. The van der Waals surface area contributed by atoms with Crippen LogP contribution < -0.4 is 21.8 Å². The third-order valence-electron chi connectivity index (χ3n) is 5.54. The van der Waals surface area contributed by atoms with Gasteiger partial charge in [0.15, 0.2) is 11.6 Å². The Kier molecular flexibility index (Phi) is 4.25. The topological polar surface area (TPSA) is 115 Å². The SMILES string of the molecule is Nc1c(F)c(N2C[C@H](CF)[C@H](N)C2)c(F)c2c1c(=O)c(C(=O)O)cn2C1CC1. The van der Waals surface area contributed by atoms with Crippen molar-refractivity contribution in [3.63, 3.8) is 0 Å². The number of nitrogens with zero attached hydrogens (tertiary/aromatic N) is 2. The van der Waals surface area contributed by atoms with Gasteiger partial charge in [-0.25, -0.2) is 13.6 Å². The Bertz CT molecular complexity index is 1050. The molecule has 1 aromatic heterocycles. The Balaban J connectivity index is 2.03. The monoisotopic (exact) mass is 396 g/mol. The summed E-state index contributed by atoms with van der Waals surface area (Å²) in [6, 6.07) is -0.798. The molecule has 1 aliphatic carbocycles. The van der Waals surface area contributed by atoms with Crippen LogP contribution in [-0.2, 0) is 0 Å². The van der Waals surface area contributed by atoms with Gasteiger partial charge >= 0.3 is 5.97 Å². The number of carbonyl (C=O) groups is 1. The highest BCUT2D eigenvalue weighted by molar-refractivity contribution is 5.99. The first-order valence-electron chi connectivity index (χ1n) is 8.91. The maximum Gasteiger partial charge on any atom is 0.341 e. The number of benzene rings is 1. The molecule has 4 rings (SSSR count). The van der Waals surface area contributed by atoms with Crippen molar-refractivity contribution in [2.75, 3.05) is 30.4 Å². The maximum absolute atomic E-state index is 15.5. The minimum absolute atomic E-state index is 0.0112. The quantitative estimate of drug-likeness (QED) is 0.677. The molecule has 1 saturated carbocycles. The number of rotatable bonds is 4. The largest absolute Gasteiger partial charge is 0.477 e. The number of hydrogen-bond donors (Lipinski definition) is 3. The van der Waals surface area contributed by atoms with E-state index >= 15 is 8.78 Å². The number of hydrogen-bond acceptors (Lipinski definition) is 5.